The number of Topliss-reactive ketones (excluding diaryl/α,β-unsaturated/α-hetero) is 1. The van der Waals surface area contributed by atoms with Gasteiger partial charge in [0.15, 0.2) is 0 Å². The zero-order valence-corrected chi connectivity index (χ0v) is 26.8. The Labute approximate surface area is 272 Å². The molecule has 0 unspecified atom stereocenters. The number of anilines is 1. The molecule has 2 amide bonds. The van der Waals surface area contributed by atoms with Crippen LogP contribution in [0.1, 0.15) is 63.4 Å². The third kappa shape index (κ3) is 9.49. The Morgan fingerprint density at radius 1 is 1.05 bits per heavy atom. The summed E-state index contributed by atoms with van der Waals surface area (Å²) in [7, 11) is 5.53. The van der Waals surface area contributed by atoms with Gasteiger partial charge in [-0.15, -0.1) is 0 Å². The molecule has 3 rings (SSSR count). The quantitative estimate of drug-likeness (QED) is 0.274. The first-order valence-corrected chi connectivity index (χ1v) is 14.2. The van der Waals surface area contributed by atoms with Crippen LogP contribution in [0.5, 0.6) is 0 Å². The number of carbonyl (C=O) groups is 5. The predicted molar refractivity (Wildman–Crippen MR) is 150 cm³/mol. The van der Waals surface area contributed by atoms with Crippen molar-refractivity contribution < 1.29 is 34.2 Å². The molecule has 1 aliphatic carbocycles. The minimum atomic E-state index is -1.39. The van der Waals surface area contributed by atoms with Gasteiger partial charge in [-0.3, -0.25) is 14.4 Å². The third-order valence-electron chi connectivity index (χ3n) is 8.45. The molecule has 0 bridgehead atoms. The second-order valence-corrected chi connectivity index (χ2v) is 11.7. The number of carboxylic acid groups (broad SMARTS) is 2. The summed E-state index contributed by atoms with van der Waals surface area (Å²) in [6.45, 7) is 0.683. The number of rotatable bonds is 14. The van der Waals surface area contributed by atoms with Crippen LogP contribution in [0.25, 0.3) is 0 Å². The molecule has 10 nitrogen and oxygen atoms in total. The van der Waals surface area contributed by atoms with Crippen molar-refractivity contribution in [3.05, 3.63) is 29.8 Å². The van der Waals surface area contributed by atoms with Gasteiger partial charge in [-0.05, 0) is 70.8 Å². The molecule has 0 N–H and O–H groups in total. The molecule has 1 fully saturated rings. The molecule has 0 aromatic heterocycles. The van der Waals surface area contributed by atoms with Crippen molar-refractivity contribution in [3.8, 4) is 0 Å². The first kappa shape index (κ1) is 35.2. The van der Waals surface area contributed by atoms with Gasteiger partial charge in [0.05, 0.1) is 12.5 Å². The molecule has 1 saturated carbocycles. The monoisotopic (exact) mass is 595 g/mol. The fourth-order valence-electron chi connectivity index (χ4n) is 6.17. The molecule has 220 valence electrons. The molecule has 1 aromatic rings. The van der Waals surface area contributed by atoms with E-state index < -0.39 is 41.6 Å². The molecular weight excluding hydrogens is 554 g/mol. The standard InChI is InChI=1S/C30H43N3O7.Ca/c1-31(2)15-8-16-32(3)26(35)18-23(29(39)40)19-30(13-6-7-14-30)25(34)17-22-12-11-21-9-4-5-10-24(21)33(28(22)38)20-27(36)37;/h4-5,9-10,22-23H,6-8,11-20H2,1-3H3,(H,36,37)(H,39,40);/q;+2/p-2/t22-,23-;/m1./s1. The summed E-state index contributed by atoms with van der Waals surface area (Å²) in [6, 6.07) is 7.08. The number of ketones is 1. The second kappa shape index (κ2) is 16.0. The fraction of sp³-hybridized carbons (Fsp3) is 0.633. The van der Waals surface area contributed by atoms with Crippen LogP contribution in [0.15, 0.2) is 24.3 Å². The summed E-state index contributed by atoms with van der Waals surface area (Å²) in [6.07, 6.45) is 3.78. The Morgan fingerprint density at radius 2 is 1.71 bits per heavy atom. The van der Waals surface area contributed by atoms with Crippen LogP contribution in [-0.4, -0.2) is 118 Å². The van der Waals surface area contributed by atoms with E-state index in [1.54, 1.807) is 19.2 Å². The second-order valence-electron chi connectivity index (χ2n) is 11.7. The number of fused-ring (bicyclic) bond motifs is 1. The van der Waals surface area contributed by atoms with Crippen molar-refractivity contribution in [2.75, 3.05) is 45.7 Å². The van der Waals surface area contributed by atoms with Crippen LogP contribution in [-0.2, 0) is 30.4 Å². The fourth-order valence-corrected chi connectivity index (χ4v) is 6.17. The number of aryl methyl sites for hydroxylation is 1. The minimum absolute atomic E-state index is 0. The van der Waals surface area contributed by atoms with E-state index in [-0.39, 0.29) is 68.7 Å². The number of carbonyl (C=O) groups excluding carboxylic acids is 5. The number of aliphatic carboxylic acids is 2. The summed E-state index contributed by atoms with van der Waals surface area (Å²) in [5.74, 6) is -5.53. The number of para-hydroxylation sites is 1. The zero-order chi connectivity index (χ0) is 29.4. The number of nitrogens with zero attached hydrogens (tertiary/aromatic N) is 3. The SMILES string of the molecule is CN(C)CCCN(C)C(=O)C[C@H](CC1(C(=O)C[C@H]2CCc3ccccc3N(CC(=O)[O-])C2=O)CCCC1)C(=O)[O-].[Ca+2]. The van der Waals surface area contributed by atoms with Crippen molar-refractivity contribution in [2.45, 2.75) is 64.2 Å². The van der Waals surface area contributed by atoms with Crippen LogP contribution in [0, 0.1) is 17.3 Å². The molecule has 41 heavy (non-hydrogen) atoms. The summed E-state index contributed by atoms with van der Waals surface area (Å²) >= 11 is 0. The molecular formula is C30H41CaN3O7. The molecule has 11 heteroatoms. The smallest absolute Gasteiger partial charge is 0.550 e. The molecule has 1 aliphatic heterocycles. The third-order valence-corrected chi connectivity index (χ3v) is 8.45. The topological polar surface area (TPSA) is 141 Å². The van der Waals surface area contributed by atoms with E-state index in [4.69, 9.17) is 0 Å². The van der Waals surface area contributed by atoms with Crippen LogP contribution in [0.4, 0.5) is 5.69 Å². The van der Waals surface area contributed by atoms with E-state index in [2.05, 4.69) is 0 Å². The van der Waals surface area contributed by atoms with Gasteiger partial charge in [-0.25, -0.2) is 0 Å². The number of amides is 2. The van der Waals surface area contributed by atoms with Gasteiger partial charge < -0.3 is 34.5 Å². The van der Waals surface area contributed by atoms with E-state index in [0.717, 1.165) is 31.4 Å². The van der Waals surface area contributed by atoms with Crippen molar-refractivity contribution in [1.29, 1.82) is 0 Å². The maximum Gasteiger partial charge on any atom is 2.00 e. The molecule has 0 spiro atoms. The van der Waals surface area contributed by atoms with Crippen LogP contribution in [0.3, 0.4) is 0 Å². The van der Waals surface area contributed by atoms with Crippen molar-refractivity contribution >= 4 is 73.0 Å². The molecule has 0 radical (unpaired) electrons. The summed E-state index contributed by atoms with van der Waals surface area (Å²) in [5.41, 5.74) is 0.382. The Morgan fingerprint density at radius 3 is 2.32 bits per heavy atom. The molecule has 1 aromatic carbocycles. The number of carboxylic acids is 2. The van der Waals surface area contributed by atoms with E-state index in [1.807, 2.05) is 31.1 Å². The minimum Gasteiger partial charge on any atom is -0.550 e. The Kier molecular flexibility index (Phi) is 13.7. The van der Waals surface area contributed by atoms with Gasteiger partial charge in [0, 0.05) is 55.3 Å². The number of hydrogen-bond acceptors (Lipinski definition) is 8. The Hall–Kier alpha value is -2.01. The Balaban J connectivity index is 0.00000588. The molecule has 2 aliphatic rings. The van der Waals surface area contributed by atoms with Crippen molar-refractivity contribution in [1.82, 2.24) is 9.80 Å². The first-order valence-electron chi connectivity index (χ1n) is 14.2. The van der Waals surface area contributed by atoms with Gasteiger partial charge in [-0.1, -0.05) is 31.0 Å². The molecule has 2 atom stereocenters. The summed E-state index contributed by atoms with van der Waals surface area (Å²) in [5, 5.41) is 23.6. The van der Waals surface area contributed by atoms with Crippen LogP contribution < -0.4 is 15.1 Å². The van der Waals surface area contributed by atoms with Gasteiger partial charge in [0.25, 0.3) is 0 Å². The van der Waals surface area contributed by atoms with E-state index >= 15 is 0 Å². The number of benzene rings is 1. The zero-order valence-electron chi connectivity index (χ0n) is 24.6. The van der Waals surface area contributed by atoms with Crippen LogP contribution in [0.2, 0.25) is 0 Å². The van der Waals surface area contributed by atoms with Gasteiger partial charge in [-0.2, -0.15) is 0 Å². The maximum absolute atomic E-state index is 13.9. The largest absolute Gasteiger partial charge is 2.00 e. The Bertz CT molecular complexity index is 1100. The van der Waals surface area contributed by atoms with E-state index in [0.29, 0.717) is 37.9 Å². The maximum atomic E-state index is 13.9. The summed E-state index contributed by atoms with van der Waals surface area (Å²) in [4.78, 5) is 68.5. The van der Waals surface area contributed by atoms with E-state index in [9.17, 15) is 34.2 Å². The van der Waals surface area contributed by atoms with E-state index in [1.165, 1.54) is 9.80 Å². The van der Waals surface area contributed by atoms with Gasteiger partial charge in [0.1, 0.15) is 5.78 Å². The number of hydrogen-bond donors (Lipinski definition) is 0. The van der Waals surface area contributed by atoms with Gasteiger partial charge in [0.2, 0.25) is 11.8 Å². The van der Waals surface area contributed by atoms with Crippen LogP contribution >= 0.6 is 0 Å². The average molecular weight is 596 g/mol. The summed E-state index contributed by atoms with van der Waals surface area (Å²) < 4.78 is 0. The van der Waals surface area contributed by atoms with Crippen molar-refractivity contribution in [3.63, 3.8) is 0 Å². The first-order chi connectivity index (χ1) is 18.9. The molecule has 0 saturated heterocycles. The predicted octanol–water partition coefficient (Wildman–Crippen LogP) is 0.0271. The normalized spacial score (nSPS) is 18.7. The molecule has 1 heterocycles. The van der Waals surface area contributed by atoms with Crippen molar-refractivity contribution in [2.24, 2.45) is 17.3 Å². The average Bonchev–Trinajstić information content (AvgIpc) is 3.34. The van der Waals surface area contributed by atoms with Gasteiger partial charge >= 0.3 is 37.7 Å².